The molecule has 4 rings (SSSR count). The number of aromatic amines is 1. The van der Waals surface area contributed by atoms with E-state index in [1.807, 2.05) is 6.07 Å². The lowest BCUT2D eigenvalue weighted by Crippen LogP contribution is -2.52. The first-order valence-corrected chi connectivity index (χ1v) is 12.3. The van der Waals surface area contributed by atoms with Crippen LogP contribution in [0.25, 0.3) is 10.9 Å². The molecule has 2 aromatic carbocycles. The predicted octanol–water partition coefficient (Wildman–Crippen LogP) is 1.32. The van der Waals surface area contributed by atoms with Crippen LogP contribution in [0, 0.1) is 11.7 Å². The number of hydrogen-bond acceptors (Lipinski definition) is 5. The van der Waals surface area contributed by atoms with Crippen molar-refractivity contribution in [3.8, 4) is 0 Å². The summed E-state index contributed by atoms with van der Waals surface area (Å²) in [5.74, 6) is -4.31. The Morgan fingerprint density at radius 2 is 1.82 bits per heavy atom. The molecule has 3 aromatic rings. The third kappa shape index (κ3) is 6.81. The number of nitrogens with one attached hydrogen (secondary N) is 5. The fourth-order valence-electron chi connectivity index (χ4n) is 4.32. The first-order valence-electron chi connectivity index (χ1n) is 12.3. The third-order valence-electron chi connectivity index (χ3n) is 6.33. The Kier molecular flexibility index (Phi) is 8.47. The first-order chi connectivity index (χ1) is 18.3. The number of carbonyl (C=O) groups is 5. The number of hydrogen-bond donors (Lipinski definition) is 5. The van der Waals surface area contributed by atoms with Gasteiger partial charge < -0.3 is 26.3 Å². The topological polar surface area (TPSA) is 149 Å². The number of fused-ring (bicyclic) bond motifs is 1. The van der Waals surface area contributed by atoms with Crippen molar-refractivity contribution in [2.24, 2.45) is 5.92 Å². The van der Waals surface area contributed by atoms with Gasteiger partial charge in [0.15, 0.2) is 0 Å². The summed E-state index contributed by atoms with van der Waals surface area (Å²) in [5, 5.41) is 10.8. The van der Waals surface area contributed by atoms with Crippen LogP contribution in [0.5, 0.6) is 0 Å². The summed E-state index contributed by atoms with van der Waals surface area (Å²) in [7, 11) is 0. The zero-order valence-electron chi connectivity index (χ0n) is 20.5. The summed E-state index contributed by atoms with van der Waals surface area (Å²) in [4.78, 5) is 65.8. The van der Waals surface area contributed by atoms with Gasteiger partial charge in [0, 0.05) is 29.9 Å². The minimum absolute atomic E-state index is 0.0449. The molecule has 10 nitrogen and oxygen atoms in total. The van der Waals surface area contributed by atoms with E-state index in [1.54, 1.807) is 24.3 Å². The number of H-pyrrole nitrogens is 1. The number of halogens is 1. The summed E-state index contributed by atoms with van der Waals surface area (Å²) in [6.45, 7) is 0.180. The summed E-state index contributed by atoms with van der Waals surface area (Å²) in [5.41, 5.74) is 1.35. The van der Waals surface area contributed by atoms with Crippen LogP contribution in [0.15, 0.2) is 54.6 Å². The van der Waals surface area contributed by atoms with E-state index in [0.29, 0.717) is 23.9 Å². The molecular formula is C27H28FN5O5. The average molecular weight is 522 g/mol. The van der Waals surface area contributed by atoms with Gasteiger partial charge in [0.05, 0.1) is 12.6 Å². The molecule has 2 atom stereocenters. The number of aromatic nitrogens is 1. The summed E-state index contributed by atoms with van der Waals surface area (Å²) in [6.07, 6.45) is 1.20. The van der Waals surface area contributed by atoms with Crippen LogP contribution in [0.3, 0.4) is 0 Å². The molecule has 38 heavy (non-hydrogen) atoms. The molecule has 198 valence electrons. The van der Waals surface area contributed by atoms with Gasteiger partial charge in [-0.3, -0.25) is 24.0 Å². The Bertz CT molecular complexity index is 1360. The highest BCUT2D eigenvalue weighted by Crippen LogP contribution is 2.19. The Labute approximate surface area is 217 Å². The summed E-state index contributed by atoms with van der Waals surface area (Å²) < 4.78 is 13.4. The number of rotatable bonds is 10. The van der Waals surface area contributed by atoms with Gasteiger partial charge in [0.1, 0.15) is 11.5 Å². The molecule has 2 unspecified atom stereocenters. The largest absolute Gasteiger partial charge is 0.356 e. The quantitative estimate of drug-likeness (QED) is 0.255. The Morgan fingerprint density at radius 3 is 2.58 bits per heavy atom. The van der Waals surface area contributed by atoms with Crippen molar-refractivity contribution in [3.63, 3.8) is 0 Å². The molecule has 1 fully saturated rings. The molecule has 1 aromatic heterocycles. The van der Waals surface area contributed by atoms with E-state index < -0.39 is 47.8 Å². The predicted molar refractivity (Wildman–Crippen MR) is 136 cm³/mol. The fraction of sp³-hybridized carbons (Fsp3) is 0.296. The highest BCUT2D eigenvalue weighted by Gasteiger charge is 2.33. The monoisotopic (exact) mass is 521 g/mol. The Morgan fingerprint density at radius 1 is 1.03 bits per heavy atom. The zero-order chi connectivity index (χ0) is 27.1. The molecule has 1 aliphatic heterocycles. The van der Waals surface area contributed by atoms with Crippen molar-refractivity contribution in [2.75, 3.05) is 13.1 Å². The SMILES string of the molecule is O=C(CNC(=O)c1cc2ccc(F)cc2[nH]1)NC(CC1CCCNC1=O)C(=O)C(=O)NCc1ccccc1. The number of Topliss-reactive ketones (excluding diaryl/α,β-unsaturated/α-hetero) is 1. The van der Waals surface area contributed by atoms with E-state index in [2.05, 4.69) is 26.3 Å². The van der Waals surface area contributed by atoms with Crippen LogP contribution in [0.2, 0.25) is 0 Å². The molecule has 0 bridgehead atoms. The molecule has 1 aliphatic rings. The van der Waals surface area contributed by atoms with Gasteiger partial charge in [-0.15, -0.1) is 0 Å². The van der Waals surface area contributed by atoms with E-state index in [-0.39, 0.29) is 24.6 Å². The normalized spacial score (nSPS) is 15.8. The van der Waals surface area contributed by atoms with Crippen LogP contribution >= 0.6 is 0 Å². The molecule has 5 N–H and O–H groups in total. The summed E-state index contributed by atoms with van der Waals surface area (Å²) >= 11 is 0. The Hall–Kier alpha value is -4.54. The average Bonchev–Trinajstić information content (AvgIpc) is 3.34. The molecule has 11 heteroatoms. The van der Waals surface area contributed by atoms with Crippen LogP contribution in [-0.2, 0) is 25.7 Å². The van der Waals surface area contributed by atoms with Gasteiger partial charge in [-0.1, -0.05) is 30.3 Å². The zero-order valence-corrected chi connectivity index (χ0v) is 20.5. The van der Waals surface area contributed by atoms with Gasteiger partial charge >= 0.3 is 0 Å². The summed E-state index contributed by atoms with van der Waals surface area (Å²) in [6, 6.07) is 13.3. The minimum Gasteiger partial charge on any atom is -0.356 e. The van der Waals surface area contributed by atoms with Gasteiger partial charge in [0.2, 0.25) is 17.6 Å². The lowest BCUT2D eigenvalue weighted by molar-refractivity contribution is -0.141. The van der Waals surface area contributed by atoms with Crippen molar-refractivity contribution in [1.29, 1.82) is 0 Å². The van der Waals surface area contributed by atoms with Gasteiger partial charge in [0.25, 0.3) is 11.8 Å². The molecule has 4 amide bonds. The van der Waals surface area contributed by atoms with Crippen LogP contribution in [-0.4, -0.2) is 53.5 Å². The van der Waals surface area contributed by atoms with Crippen molar-refractivity contribution in [2.45, 2.75) is 31.8 Å². The molecule has 0 spiro atoms. The third-order valence-corrected chi connectivity index (χ3v) is 6.33. The van der Waals surface area contributed by atoms with Gasteiger partial charge in [-0.25, -0.2) is 4.39 Å². The van der Waals surface area contributed by atoms with Gasteiger partial charge in [-0.2, -0.15) is 0 Å². The lowest BCUT2D eigenvalue weighted by Gasteiger charge is -2.26. The van der Waals surface area contributed by atoms with E-state index in [4.69, 9.17) is 0 Å². The number of piperidine rings is 1. The maximum Gasteiger partial charge on any atom is 0.289 e. The number of benzene rings is 2. The molecule has 0 aliphatic carbocycles. The standard InChI is InChI=1S/C27H28FN5O5/c28-19-9-8-17-11-22(32-20(17)13-19)26(37)31-15-23(34)33-21(12-18-7-4-10-29-25(18)36)24(35)27(38)30-14-16-5-2-1-3-6-16/h1-3,5-6,8-9,11,13,18,21,32H,4,7,10,12,14-15H2,(H,29,36)(H,30,38)(H,31,37)(H,33,34). The highest BCUT2D eigenvalue weighted by atomic mass is 19.1. The van der Waals surface area contributed by atoms with E-state index in [0.717, 1.165) is 12.0 Å². The first kappa shape index (κ1) is 26.5. The van der Waals surface area contributed by atoms with Crippen molar-refractivity contribution in [1.82, 2.24) is 26.3 Å². The molecular weight excluding hydrogens is 493 g/mol. The molecule has 0 saturated carbocycles. The second-order valence-corrected chi connectivity index (χ2v) is 9.12. The van der Waals surface area contributed by atoms with Crippen molar-refractivity contribution >= 4 is 40.3 Å². The smallest absolute Gasteiger partial charge is 0.289 e. The number of carbonyl (C=O) groups excluding carboxylic acids is 5. The van der Waals surface area contributed by atoms with Crippen molar-refractivity contribution < 1.29 is 28.4 Å². The number of ketones is 1. The highest BCUT2D eigenvalue weighted by molar-refractivity contribution is 6.38. The molecule has 0 radical (unpaired) electrons. The van der Waals surface area contributed by atoms with Gasteiger partial charge in [-0.05, 0) is 49.1 Å². The Balaban J connectivity index is 1.38. The molecule has 1 saturated heterocycles. The van der Waals surface area contributed by atoms with Crippen LogP contribution < -0.4 is 21.3 Å². The van der Waals surface area contributed by atoms with Crippen LogP contribution in [0.4, 0.5) is 4.39 Å². The fourth-order valence-corrected chi connectivity index (χ4v) is 4.32. The van der Waals surface area contributed by atoms with E-state index in [1.165, 1.54) is 24.3 Å². The van der Waals surface area contributed by atoms with Crippen molar-refractivity contribution in [3.05, 3.63) is 71.7 Å². The maximum atomic E-state index is 13.4. The second kappa shape index (κ2) is 12.1. The lowest BCUT2D eigenvalue weighted by atomic mass is 9.90. The maximum absolute atomic E-state index is 13.4. The molecule has 2 heterocycles. The minimum atomic E-state index is -1.25. The van der Waals surface area contributed by atoms with Crippen LogP contribution in [0.1, 0.15) is 35.3 Å². The number of amides is 4. The second-order valence-electron chi connectivity index (χ2n) is 9.12. The van der Waals surface area contributed by atoms with E-state index >= 15 is 0 Å². The van der Waals surface area contributed by atoms with E-state index in [9.17, 15) is 28.4 Å².